The van der Waals surface area contributed by atoms with E-state index in [1.165, 1.54) is 31.2 Å². The molecule has 6 heterocycles. The first-order valence-corrected chi connectivity index (χ1v) is 45.1. The number of ketones is 2. The highest BCUT2D eigenvalue weighted by molar-refractivity contribution is 6.32. The minimum atomic E-state index is -1.30. The van der Waals surface area contributed by atoms with Crippen LogP contribution >= 0.6 is 58.0 Å². The van der Waals surface area contributed by atoms with Crippen LogP contribution in [-0.2, 0) is 70.4 Å². The van der Waals surface area contributed by atoms with E-state index in [1.54, 1.807) is 80.8 Å². The smallest absolute Gasteiger partial charge is 0.255 e. The number of benzene rings is 11. The van der Waals surface area contributed by atoms with Crippen molar-refractivity contribution in [2.45, 2.75) is 106 Å². The first-order chi connectivity index (χ1) is 62.7. The van der Waals surface area contributed by atoms with Crippen LogP contribution in [0.5, 0.6) is 23.0 Å². The molecule has 2 fully saturated rings. The number of hydrogen-bond acceptors (Lipinski definition) is 20. The Hall–Kier alpha value is -11.9. The highest BCUT2D eigenvalue weighted by atomic mass is 35.5. The number of aromatic hydroxyl groups is 4. The molecule has 0 radical (unpaired) electrons. The van der Waals surface area contributed by atoms with Crippen molar-refractivity contribution in [1.82, 2.24) is 40.0 Å². The summed E-state index contributed by atoms with van der Waals surface area (Å²) in [6.07, 6.45) is 6.90. The number of morpholine rings is 2. The van der Waals surface area contributed by atoms with E-state index >= 15 is 0 Å². The van der Waals surface area contributed by atoms with E-state index in [2.05, 4.69) is 41.2 Å². The normalized spacial score (nSPS) is 21.6. The molecule has 0 unspecified atom stereocenters. The number of halogens is 5. The lowest BCUT2D eigenvalue weighted by atomic mass is 9.77. The van der Waals surface area contributed by atoms with Gasteiger partial charge < -0.3 is 60.1 Å². The second kappa shape index (κ2) is 42.3. The standard InChI is InChI=1S/C29H31ClN4O3.C26H33ClN4O3.C24H20Cl2N2O2.C24H21ClN2O2/c30-24-11-12-25(26(35)19-24)27-29(23-9-5-2-6-10-23,28(36)31-13-14-33-15-17-37-18-16-33)32-21-34(27)20-22-7-3-1-4-8-22;1-25(2,3)31-18-29-26(19-7-5-4-6-8-19,23(31)21-10-9-20(27)17-22(21)32)24(33)28-11-12-30-13-15-34-16-14-30;1-16(29)24(18-5-3-2-4-6-18)23(21-12-11-20(26)13-22(21)30)28(15-27-24)14-17-7-9-19(25)10-8-17;1-17(28)24(19-10-6-3-7-11-19)23(21-13-12-20(25)14-22(21)29)27(16-26-24)15-18-8-4-2-5-9-18/h1-12,19,21,27,35H,13-18,20H2,(H,31,36);4-10,17-18,23,32H,11-16H2,1-3H3,(H,28,33);2-13,15,23,30H,14H2,1H3;2-14,16,23,29H,15H2,1H3/t27-,29+;23-,26+;2*23-,24+/m0000/s1. The number of carbonyl (C=O) groups excluding carboxylic acids is 4. The molecular weight excluding hydrogens is 1740 g/mol. The predicted octanol–water partition coefficient (Wildman–Crippen LogP) is 18.4. The molecule has 6 aliphatic rings. The molecule has 2 amide bonds. The van der Waals surface area contributed by atoms with Gasteiger partial charge in [-0.3, -0.25) is 48.9 Å². The molecule has 11 aromatic rings. The molecule has 22 nitrogen and oxygen atoms in total. The van der Waals surface area contributed by atoms with Crippen LogP contribution in [0, 0.1) is 0 Å². The summed E-state index contributed by atoms with van der Waals surface area (Å²) in [4.78, 5) is 86.3. The van der Waals surface area contributed by atoms with Crippen molar-refractivity contribution >= 4 is 107 Å². The number of aliphatic imine (C=N–C) groups is 4. The first-order valence-electron chi connectivity index (χ1n) is 43.2. The SMILES string of the molecule is CC(=O)[C@]1(c2ccccc2)N=CN(Cc2ccc(Cl)cc2)[C@H]1c1ccc(Cl)cc1O.CC(=O)[C@]1(c2ccccc2)N=CN(Cc2ccccc2)[C@H]1c1ccc(Cl)cc1O.CC(C)(C)N1C=N[C@](C(=O)NCCN2CCOCC2)(c2ccccc2)[C@@H]1c1ccc(Cl)cc1O.O=C(NCCN1CCOCC1)[C@]1(c2ccccc2)N=CN(Cc2ccccc2)[C@H]1c1ccc(Cl)cc1O. The molecule has 6 aliphatic heterocycles. The van der Waals surface area contributed by atoms with Crippen LogP contribution in [0.1, 0.15) is 120 Å². The van der Waals surface area contributed by atoms with Crippen molar-refractivity contribution in [3.63, 3.8) is 0 Å². The molecule has 11 aromatic carbocycles. The van der Waals surface area contributed by atoms with Gasteiger partial charge in [0.25, 0.3) is 11.8 Å². The zero-order chi connectivity index (χ0) is 91.7. The molecule has 0 spiro atoms. The van der Waals surface area contributed by atoms with Crippen molar-refractivity contribution in [3.05, 3.63) is 365 Å². The maximum atomic E-state index is 14.2. The predicted molar refractivity (Wildman–Crippen MR) is 514 cm³/mol. The number of nitrogens with zero attached hydrogens (tertiary/aromatic N) is 10. The number of hydrogen-bond donors (Lipinski definition) is 6. The quantitative estimate of drug-likeness (QED) is 0.0328. The molecule has 2 saturated heterocycles. The third kappa shape index (κ3) is 20.8. The lowest BCUT2D eigenvalue weighted by Gasteiger charge is -2.43. The fraction of sp³-hybridized carbons (Fsp3) is 0.282. The number of nitrogens with one attached hydrogen (secondary N) is 2. The Morgan fingerprint density at radius 1 is 0.354 bits per heavy atom. The number of phenolic OH excluding ortho intramolecular Hbond substituents is 4. The summed E-state index contributed by atoms with van der Waals surface area (Å²) in [6.45, 7) is 19.6. The van der Waals surface area contributed by atoms with Crippen LogP contribution in [0.25, 0.3) is 0 Å². The molecule has 6 N–H and O–H groups in total. The van der Waals surface area contributed by atoms with Crippen LogP contribution in [0.4, 0.5) is 0 Å². The van der Waals surface area contributed by atoms with Crippen LogP contribution < -0.4 is 10.6 Å². The summed E-state index contributed by atoms with van der Waals surface area (Å²) in [7, 11) is 0. The Balaban J connectivity index is 0.000000140. The zero-order valence-corrected chi connectivity index (χ0v) is 76.7. The second-order valence-electron chi connectivity index (χ2n) is 33.7. The summed E-state index contributed by atoms with van der Waals surface area (Å²) in [5, 5.41) is 52.1. The monoisotopic (exact) mass is 1840 g/mol. The van der Waals surface area contributed by atoms with Crippen molar-refractivity contribution in [1.29, 1.82) is 0 Å². The van der Waals surface area contributed by atoms with Gasteiger partial charge in [-0.15, -0.1) is 0 Å². The van der Waals surface area contributed by atoms with Crippen LogP contribution in [0.15, 0.2) is 299 Å². The molecule has 130 heavy (non-hydrogen) atoms. The van der Waals surface area contributed by atoms with Crippen molar-refractivity contribution in [2.75, 3.05) is 78.8 Å². The van der Waals surface area contributed by atoms with E-state index in [-0.39, 0.29) is 51.9 Å². The number of rotatable bonds is 24. The Kier molecular flexibility index (Phi) is 30.7. The highest BCUT2D eigenvalue weighted by Gasteiger charge is 2.58. The van der Waals surface area contributed by atoms with Crippen LogP contribution in [0.3, 0.4) is 0 Å². The van der Waals surface area contributed by atoms with E-state index in [0.29, 0.717) is 107 Å². The zero-order valence-electron chi connectivity index (χ0n) is 72.9. The van der Waals surface area contributed by atoms with Gasteiger partial charge in [0.15, 0.2) is 33.7 Å². The van der Waals surface area contributed by atoms with Crippen molar-refractivity contribution in [3.8, 4) is 23.0 Å². The topological polar surface area (TPSA) is 261 Å². The Morgan fingerprint density at radius 2 is 0.615 bits per heavy atom. The average Bonchev–Trinajstić information content (AvgIpc) is 1.54. The van der Waals surface area contributed by atoms with Crippen LogP contribution in [-0.4, -0.2) is 183 Å². The summed E-state index contributed by atoms with van der Waals surface area (Å²) >= 11 is 30.5. The lowest BCUT2D eigenvalue weighted by Crippen LogP contribution is -2.53. The van der Waals surface area contributed by atoms with Gasteiger partial charge in [-0.05, 0) is 134 Å². The second-order valence-corrected chi connectivity index (χ2v) is 35.8. The van der Waals surface area contributed by atoms with E-state index < -0.39 is 46.3 Å². The largest absolute Gasteiger partial charge is 0.508 e. The Morgan fingerprint density at radius 3 is 0.923 bits per heavy atom. The third-order valence-electron chi connectivity index (χ3n) is 24.3. The highest BCUT2D eigenvalue weighted by Crippen LogP contribution is 2.55. The number of amides is 2. The van der Waals surface area contributed by atoms with Gasteiger partial charge in [-0.2, -0.15) is 0 Å². The molecule has 0 saturated carbocycles. The number of carbonyl (C=O) groups is 4. The summed E-state index contributed by atoms with van der Waals surface area (Å²) in [6, 6.07) is 83.5. The van der Waals surface area contributed by atoms with Gasteiger partial charge in [-0.1, -0.05) is 276 Å². The van der Waals surface area contributed by atoms with Gasteiger partial charge in [-0.25, -0.2) is 0 Å². The third-order valence-corrected chi connectivity index (χ3v) is 25.5. The summed E-state index contributed by atoms with van der Waals surface area (Å²) < 4.78 is 10.9. The molecule has 0 aromatic heterocycles. The lowest BCUT2D eigenvalue weighted by molar-refractivity contribution is -0.129. The fourth-order valence-electron chi connectivity index (χ4n) is 17.9. The Bertz CT molecular complexity index is 5850. The molecule has 8 atom stereocenters. The van der Waals surface area contributed by atoms with Gasteiger partial charge in [0.1, 0.15) is 23.0 Å². The molecule has 672 valence electrons. The molecule has 17 rings (SSSR count). The Labute approximate surface area is 783 Å². The van der Waals surface area contributed by atoms with Gasteiger partial charge in [0.2, 0.25) is 0 Å². The van der Waals surface area contributed by atoms with E-state index in [9.17, 15) is 39.6 Å². The minimum absolute atomic E-state index is 0.0284. The summed E-state index contributed by atoms with van der Waals surface area (Å²) in [5.74, 6) is -0.459. The maximum Gasteiger partial charge on any atom is 0.255 e. The van der Waals surface area contributed by atoms with Crippen molar-refractivity contribution in [2.24, 2.45) is 20.0 Å². The molecule has 0 bridgehead atoms. The van der Waals surface area contributed by atoms with E-state index in [1.807, 2.05) is 226 Å². The summed E-state index contributed by atoms with van der Waals surface area (Å²) in [5.41, 5.74) is 3.38. The van der Waals surface area contributed by atoms with Crippen molar-refractivity contribution < 1.29 is 49.1 Å². The average molecular weight is 1850 g/mol. The first kappa shape index (κ1) is 94.2. The maximum absolute atomic E-state index is 14.2. The minimum Gasteiger partial charge on any atom is -0.508 e. The molecule has 27 heteroatoms. The van der Waals surface area contributed by atoms with E-state index in [4.69, 9.17) is 87.4 Å². The fourth-order valence-corrected chi connectivity index (χ4v) is 18.7. The van der Waals surface area contributed by atoms with Gasteiger partial charge >= 0.3 is 0 Å². The van der Waals surface area contributed by atoms with E-state index in [0.717, 1.165) is 78.2 Å². The van der Waals surface area contributed by atoms with Gasteiger partial charge in [0.05, 0.1) is 75.9 Å². The number of phenols is 4. The van der Waals surface area contributed by atoms with Crippen LogP contribution in [0.2, 0.25) is 25.1 Å². The number of Topliss-reactive ketones (excluding diaryl/α,β-unsaturated/α-hetero) is 2. The van der Waals surface area contributed by atoms with Gasteiger partial charge in [0, 0.05) is 125 Å². The molecular formula is C103H105Cl5N12O10. The number of ether oxygens (including phenoxy) is 2. The molecule has 0 aliphatic carbocycles.